The molecule has 32 nitrogen and oxygen atoms in total. The van der Waals surface area contributed by atoms with Crippen molar-refractivity contribution in [2.45, 2.75) is 51.4 Å². The summed E-state index contributed by atoms with van der Waals surface area (Å²) >= 11 is 0. The summed E-state index contributed by atoms with van der Waals surface area (Å²) in [4.78, 5) is 33.9. The lowest BCUT2D eigenvalue weighted by Gasteiger charge is -2.18. The zero-order valence-corrected chi connectivity index (χ0v) is 67.7. The summed E-state index contributed by atoms with van der Waals surface area (Å²) < 4.78 is 0. The third-order valence-electron chi connectivity index (χ3n) is 20.5. The van der Waals surface area contributed by atoms with Crippen molar-refractivity contribution in [2.75, 3.05) is 0 Å². The minimum absolute atomic E-state index is 0.220. The first-order valence-corrected chi connectivity index (χ1v) is 39.9. The van der Waals surface area contributed by atoms with Gasteiger partial charge in [-0.05, 0) is 194 Å². The Balaban J connectivity index is 0.893. The van der Waals surface area contributed by atoms with Crippen LogP contribution in [-0.2, 0) is 51.4 Å². The van der Waals surface area contributed by atoms with Crippen LogP contribution >= 0.6 is 0 Å². The van der Waals surface area contributed by atoms with Gasteiger partial charge in [-0.2, -0.15) is 40.9 Å². The maximum atomic E-state index is 13.1. The number of hydrogen-bond acceptors (Lipinski definition) is 32. The molecular weight excluding hydrogens is 1620 g/mol. The Hall–Kier alpha value is -17.8. The monoisotopic (exact) mass is 1690 g/mol. The Morgan fingerprint density at radius 1 is 0.141 bits per heavy atom. The number of nitrogens with zero attached hydrogens (tertiary/aromatic N) is 24. The van der Waals surface area contributed by atoms with Gasteiger partial charge in [0.25, 0.3) is 0 Å². The van der Waals surface area contributed by atoms with Crippen molar-refractivity contribution in [3.63, 3.8) is 0 Å². The molecule has 8 aromatic heterocycles. The van der Waals surface area contributed by atoms with Gasteiger partial charge < -0.3 is 40.9 Å². The summed E-state index contributed by atoms with van der Waals surface area (Å²) in [6.45, 7) is 0. The number of pyridine rings is 8. The fourth-order valence-electron chi connectivity index (χ4n) is 14.4. The van der Waals surface area contributed by atoms with E-state index >= 15 is 0 Å². The lowest BCUT2D eigenvalue weighted by atomic mass is 9.90. The lowest BCUT2D eigenvalue weighted by molar-refractivity contribution is 0.452. The van der Waals surface area contributed by atoms with Crippen molar-refractivity contribution in [3.05, 3.63) is 382 Å². The van der Waals surface area contributed by atoms with Gasteiger partial charge in [-0.3, -0.25) is 39.9 Å². The molecule has 0 unspecified atom stereocenters. The van der Waals surface area contributed by atoms with Crippen LogP contribution in [0.2, 0.25) is 0 Å². The largest absolute Gasteiger partial charge is 0.507 e. The fourth-order valence-corrected chi connectivity index (χ4v) is 14.4. The normalized spacial score (nSPS) is 12.8. The number of azo groups is 8. The number of fused-ring (bicyclic) bond motifs is 16. The molecule has 8 aromatic carbocycles. The van der Waals surface area contributed by atoms with Crippen LogP contribution in [0.5, 0.6) is 46.0 Å². The highest BCUT2D eigenvalue weighted by Crippen LogP contribution is 2.47. The van der Waals surface area contributed by atoms with E-state index in [0.29, 0.717) is 45.5 Å². The summed E-state index contributed by atoms with van der Waals surface area (Å²) in [6, 6.07) is 53.1. The van der Waals surface area contributed by atoms with Gasteiger partial charge in [-0.15, -0.1) is 40.9 Å². The maximum absolute atomic E-state index is 13.1. The van der Waals surface area contributed by atoms with Gasteiger partial charge in [-0.1, -0.05) is 0 Å². The van der Waals surface area contributed by atoms with Crippen LogP contribution in [0.4, 0.5) is 91.0 Å². The van der Waals surface area contributed by atoms with Crippen LogP contribution in [0, 0.1) is 0 Å². The Bertz CT molecular complexity index is 5590. The molecular formula is C96H72N24O8. The number of phenolic OH excluding ortho intramolecular Hbond substituents is 8. The van der Waals surface area contributed by atoms with Gasteiger partial charge in [-0.25, -0.2) is 0 Å². The number of aromatic hydroxyl groups is 8. The molecule has 16 bridgehead atoms. The zero-order valence-electron chi connectivity index (χ0n) is 67.7. The van der Waals surface area contributed by atoms with Gasteiger partial charge in [0, 0.05) is 190 Å². The van der Waals surface area contributed by atoms with Crippen LogP contribution in [0.1, 0.15) is 89.0 Å². The Morgan fingerprint density at radius 3 is 0.320 bits per heavy atom. The molecule has 16 aromatic rings. The minimum Gasteiger partial charge on any atom is -0.507 e. The van der Waals surface area contributed by atoms with E-state index in [9.17, 15) is 40.9 Å². The van der Waals surface area contributed by atoms with E-state index in [0.717, 1.165) is 0 Å². The van der Waals surface area contributed by atoms with Gasteiger partial charge >= 0.3 is 0 Å². The second-order valence-corrected chi connectivity index (χ2v) is 29.6. The first-order chi connectivity index (χ1) is 62.6. The molecule has 0 saturated carbocycles. The number of phenols is 8. The van der Waals surface area contributed by atoms with Crippen molar-refractivity contribution in [1.29, 1.82) is 0 Å². The van der Waals surface area contributed by atoms with Crippen LogP contribution in [-0.4, -0.2) is 80.7 Å². The summed E-state index contributed by atoms with van der Waals surface area (Å²) in [5, 5.41) is 178. The van der Waals surface area contributed by atoms with Crippen LogP contribution in [0.15, 0.2) is 375 Å². The Morgan fingerprint density at radius 2 is 0.234 bits per heavy atom. The minimum atomic E-state index is -0.271. The second kappa shape index (κ2) is 38.5. The molecule has 624 valence electrons. The number of rotatable bonds is 16. The first-order valence-electron chi connectivity index (χ1n) is 39.9. The Kier molecular flexibility index (Phi) is 24.8. The quantitative estimate of drug-likeness (QED) is 0.0417. The van der Waals surface area contributed by atoms with E-state index in [4.69, 9.17) is 0 Å². The SMILES string of the molecule is Oc1c2cc(N=Nc3cccnc3)cc1Cc1cc(N=Nc3cccnc3)cc(c1O)Cc1cc(N=Nc3cccnc3)cc(c1O)Cc1cc(N=Nc3cccnc3)cc(c1O)Cc1cc(N=Nc3cccnc3)cc(c1O)Cc1cc(N=Nc3cccnc3)cc(c1O)Cc1cc(N=Nc3cccnc3)cc(c1O)Cc1cc(N=Nc3cccnc3)cc(c1O)C2. The van der Waals surface area contributed by atoms with Gasteiger partial charge in [0.15, 0.2) is 0 Å². The highest BCUT2D eigenvalue weighted by molar-refractivity contribution is 5.68. The van der Waals surface area contributed by atoms with Crippen molar-refractivity contribution in [1.82, 2.24) is 39.9 Å². The molecule has 0 atom stereocenters. The summed E-state index contributed by atoms with van der Waals surface area (Å²) in [5.41, 5.74) is 8.62. The molecule has 0 spiro atoms. The van der Waals surface area contributed by atoms with E-state index in [1.165, 1.54) is 49.6 Å². The van der Waals surface area contributed by atoms with Gasteiger partial charge in [0.2, 0.25) is 0 Å². The number of aromatic nitrogens is 8. The van der Waals surface area contributed by atoms with Crippen LogP contribution in [0.25, 0.3) is 0 Å². The molecule has 1 aliphatic rings. The first kappa shape index (κ1) is 82.5. The van der Waals surface area contributed by atoms with E-state index in [2.05, 4.69) is 122 Å². The summed E-state index contributed by atoms with van der Waals surface area (Å²) in [6.07, 6.45) is 23.2. The van der Waals surface area contributed by atoms with Gasteiger partial charge in [0.05, 0.1) is 95.1 Å². The van der Waals surface area contributed by atoms with Crippen molar-refractivity contribution >= 4 is 91.0 Å². The molecule has 0 amide bonds. The number of hydrogen-bond donors (Lipinski definition) is 8. The highest BCUT2D eigenvalue weighted by Gasteiger charge is 2.26. The van der Waals surface area contributed by atoms with Crippen molar-refractivity contribution in [3.8, 4) is 46.0 Å². The predicted molar refractivity (Wildman–Crippen MR) is 475 cm³/mol. The molecule has 0 fully saturated rings. The smallest absolute Gasteiger partial charge is 0.122 e. The molecule has 8 N–H and O–H groups in total. The molecule has 32 heteroatoms. The molecule has 1 aliphatic carbocycles. The highest BCUT2D eigenvalue weighted by atomic mass is 16.3. The third-order valence-corrected chi connectivity index (χ3v) is 20.5. The summed E-state index contributed by atoms with van der Waals surface area (Å²) in [5.74, 6) is -2.17. The van der Waals surface area contributed by atoms with Crippen LogP contribution in [0.3, 0.4) is 0 Å². The van der Waals surface area contributed by atoms with Crippen molar-refractivity contribution in [2.24, 2.45) is 81.8 Å². The lowest BCUT2D eigenvalue weighted by Crippen LogP contribution is -2.01. The zero-order chi connectivity index (χ0) is 87.7. The molecule has 0 saturated heterocycles. The third kappa shape index (κ3) is 20.5. The average molecular weight is 1690 g/mol. The fraction of sp³-hybridized carbons (Fsp3) is 0.0833. The molecule has 8 heterocycles. The van der Waals surface area contributed by atoms with Crippen LogP contribution < -0.4 is 0 Å². The predicted octanol–water partition coefficient (Wildman–Crippen LogP) is 24.9. The standard InChI is InChI=1S/C96H72N24O8/c121-89-57-25-59-35-82(114-106-74-10-2-18-98-50-74)37-61(90(59)122)27-63-39-84(116-108-76-12-4-20-100-52-76)41-65(92(63)124)29-67-43-86(118-110-78-14-6-22-102-54-78)45-69(94(67)126)31-71-47-88(120-112-80-16-8-24-104-56-80)48-72(96(71)128)32-70-46-87(119-111-79-15-7-23-103-55-79)44-68(95(70)127)30-66-42-85(117-109-77-13-5-21-101-53-77)40-64(93(66)125)28-62-38-83(115-107-75-11-3-19-99-51-75)36-60(91(62)123)26-58(89)34-81(33-57)113-105-73-9-1-17-97-49-73/h1-24,33-56,121-128H,25-32H2. The maximum Gasteiger partial charge on any atom is 0.122 e. The van der Waals surface area contributed by atoms with Crippen molar-refractivity contribution < 1.29 is 40.9 Å². The van der Waals surface area contributed by atoms with E-state index in [1.807, 2.05) is 0 Å². The average Bonchev–Trinajstić information content (AvgIpc) is 0.787. The van der Waals surface area contributed by atoms with Gasteiger partial charge in [0.1, 0.15) is 91.5 Å². The molecule has 128 heavy (non-hydrogen) atoms. The molecule has 0 radical (unpaired) electrons. The number of benzene rings is 8. The van der Waals surface area contributed by atoms with E-state index in [-0.39, 0.29) is 232 Å². The van der Waals surface area contributed by atoms with E-state index < -0.39 is 0 Å². The molecule has 0 aliphatic heterocycles. The summed E-state index contributed by atoms with van der Waals surface area (Å²) in [7, 11) is 0. The molecule has 17 rings (SSSR count). The second-order valence-electron chi connectivity index (χ2n) is 29.6. The topological polar surface area (TPSA) is 463 Å². The Labute approximate surface area is 729 Å². The van der Waals surface area contributed by atoms with E-state index in [1.54, 1.807) is 244 Å².